The topological polar surface area (TPSA) is 67.0 Å². The maximum Gasteiger partial charge on any atom is 0.268 e. The summed E-state index contributed by atoms with van der Waals surface area (Å²) in [6, 6.07) is 13.1. The number of fused-ring (bicyclic) bond motifs is 1. The lowest BCUT2D eigenvalue weighted by Gasteiger charge is -2.02. The van der Waals surface area contributed by atoms with Crippen molar-refractivity contribution in [1.29, 1.82) is 0 Å². The third kappa shape index (κ3) is 2.86. The Kier molecular flexibility index (Phi) is 3.55. The summed E-state index contributed by atoms with van der Waals surface area (Å²) in [5.74, 6) is 0.609. The second-order valence-electron chi connectivity index (χ2n) is 4.64. The summed E-state index contributed by atoms with van der Waals surface area (Å²) >= 11 is 0. The van der Waals surface area contributed by atoms with Crippen LogP contribution < -0.4 is 10.1 Å². The van der Waals surface area contributed by atoms with Gasteiger partial charge in [-0.05, 0) is 36.4 Å². The molecule has 0 saturated heterocycles. The molecule has 2 heterocycles. The van der Waals surface area contributed by atoms with Crippen LogP contribution >= 0.6 is 0 Å². The number of aromatic nitrogens is 2. The minimum atomic E-state index is -0.157. The first-order valence-electron chi connectivity index (χ1n) is 6.61. The molecule has 0 radical (unpaired) electrons. The highest BCUT2D eigenvalue weighted by molar-refractivity contribution is 5.98. The second-order valence-corrected chi connectivity index (χ2v) is 4.64. The Hall–Kier alpha value is -2.82. The Balaban J connectivity index is 1.75. The van der Waals surface area contributed by atoms with E-state index in [1.807, 2.05) is 42.5 Å². The Morgan fingerprint density at radius 1 is 1.29 bits per heavy atom. The van der Waals surface area contributed by atoms with Crippen molar-refractivity contribution in [2.45, 2.75) is 6.54 Å². The summed E-state index contributed by atoms with van der Waals surface area (Å²) in [5.41, 5.74) is 2.25. The number of methoxy groups -OCH3 is 1. The number of rotatable bonds is 4. The van der Waals surface area contributed by atoms with Gasteiger partial charge in [0.15, 0.2) is 0 Å². The number of carbonyl (C=O) groups excluding carboxylic acids is 1. The number of hydrogen-bond acceptors (Lipinski definition) is 3. The zero-order valence-corrected chi connectivity index (χ0v) is 11.6. The van der Waals surface area contributed by atoms with Crippen LogP contribution in [0.2, 0.25) is 0 Å². The van der Waals surface area contributed by atoms with E-state index >= 15 is 0 Å². The minimum Gasteiger partial charge on any atom is -0.497 e. The fraction of sp³-hybridized carbons (Fsp3) is 0.125. The van der Waals surface area contributed by atoms with Gasteiger partial charge in [0.2, 0.25) is 0 Å². The largest absolute Gasteiger partial charge is 0.497 e. The molecule has 21 heavy (non-hydrogen) atoms. The first-order valence-corrected chi connectivity index (χ1v) is 6.61. The van der Waals surface area contributed by atoms with E-state index in [2.05, 4.69) is 15.3 Å². The Morgan fingerprint density at radius 3 is 2.95 bits per heavy atom. The van der Waals surface area contributed by atoms with Gasteiger partial charge in [0.25, 0.3) is 5.91 Å². The average molecular weight is 281 g/mol. The summed E-state index contributed by atoms with van der Waals surface area (Å²) in [5, 5.41) is 3.78. The molecule has 106 valence electrons. The van der Waals surface area contributed by atoms with E-state index in [4.69, 9.17) is 4.74 Å². The fourth-order valence-electron chi connectivity index (χ4n) is 2.13. The quantitative estimate of drug-likeness (QED) is 0.772. The molecule has 5 nitrogen and oxygen atoms in total. The lowest BCUT2D eigenvalue weighted by molar-refractivity contribution is 0.0946. The maximum absolute atomic E-state index is 12.1. The van der Waals surface area contributed by atoms with E-state index in [-0.39, 0.29) is 5.91 Å². The first kappa shape index (κ1) is 13.2. The van der Waals surface area contributed by atoms with Gasteiger partial charge >= 0.3 is 0 Å². The highest BCUT2D eigenvalue weighted by Crippen LogP contribution is 2.21. The molecule has 0 fully saturated rings. The summed E-state index contributed by atoms with van der Waals surface area (Å²) in [4.78, 5) is 19.4. The lowest BCUT2D eigenvalue weighted by atomic mass is 10.2. The normalized spacial score (nSPS) is 10.5. The number of ether oxygens (including phenoxy) is 1. The molecule has 0 aliphatic carbocycles. The second kappa shape index (κ2) is 5.66. The lowest BCUT2D eigenvalue weighted by Crippen LogP contribution is -2.23. The molecule has 0 atom stereocenters. The summed E-state index contributed by atoms with van der Waals surface area (Å²) in [6.45, 7) is 0.401. The highest BCUT2D eigenvalue weighted by Gasteiger charge is 2.09. The van der Waals surface area contributed by atoms with Crippen molar-refractivity contribution in [2.75, 3.05) is 7.11 Å². The number of hydrogen-bond donors (Lipinski definition) is 2. The van der Waals surface area contributed by atoms with Gasteiger partial charge in [0, 0.05) is 17.1 Å². The number of nitrogens with zero attached hydrogens (tertiary/aromatic N) is 1. The van der Waals surface area contributed by atoms with Crippen LogP contribution in [0.4, 0.5) is 0 Å². The molecule has 0 saturated carbocycles. The molecule has 0 spiro atoms. The summed E-state index contributed by atoms with van der Waals surface area (Å²) in [6.07, 6.45) is 1.71. The molecular formula is C16H15N3O2. The van der Waals surface area contributed by atoms with E-state index in [1.165, 1.54) is 0 Å². The fourth-order valence-corrected chi connectivity index (χ4v) is 2.13. The van der Waals surface area contributed by atoms with Gasteiger partial charge in [0.05, 0.1) is 19.3 Å². The number of nitrogens with one attached hydrogen (secondary N) is 2. The molecule has 0 bridgehead atoms. The Morgan fingerprint density at radius 2 is 2.19 bits per heavy atom. The third-order valence-corrected chi connectivity index (χ3v) is 3.23. The van der Waals surface area contributed by atoms with E-state index in [0.717, 1.165) is 22.3 Å². The molecule has 1 aromatic carbocycles. The van der Waals surface area contributed by atoms with Gasteiger partial charge in [-0.2, -0.15) is 0 Å². The molecule has 2 N–H and O–H groups in total. The Bertz CT molecular complexity index is 766. The maximum atomic E-state index is 12.1. The molecular weight excluding hydrogens is 266 g/mol. The van der Waals surface area contributed by atoms with Gasteiger partial charge in [-0.1, -0.05) is 6.07 Å². The average Bonchev–Trinajstić information content (AvgIpc) is 2.96. The van der Waals surface area contributed by atoms with Gasteiger partial charge in [-0.15, -0.1) is 0 Å². The van der Waals surface area contributed by atoms with Crippen LogP contribution in [-0.4, -0.2) is 23.0 Å². The number of amides is 1. The van der Waals surface area contributed by atoms with E-state index in [1.54, 1.807) is 13.3 Å². The van der Waals surface area contributed by atoms with Crippen molar-refractivity contribution in [3.8, 4) is 5.75 Å². The van der Waals surface area contributed by atoms with Crippen LogP contribution in [0.1, 0.15) is 16.2 Å². The van der Waals surface area contributed by atoms with Crippen LogP contribution in [0.3, 0.4) is 0 Å². The van der Waals surface area contributed by atoms with E-state index in [0.29, 0.717) is 12.2 Å². The van der Waals surface area contributed by atoms with Crippen LogP contribution in [-0.2, 0) is 6.54 Å². The molecule has 0 aliphatic heterocycles. The number of H-pyrrole nitrogens is 1. The highest BCUT2D eigenvalue weighted by atomic mass is 16.5. The van der Waals surface area contributed by atoms with Crippen molar-refractivity contribution in [3.05, 3.63) is 60.0 Å². The van der Waals surface area contributed by atoms with Crippen molar-refractivity contribution in [2.24, 2.45) is 0 Å². The van der Waals surface area contributed by atoms with Gasteiger partial charge < -0.3 is 15.0 Å². The molecule has 1 amide bonds. The number of benzene rings is 1. The van der Waals surface area contributed by atoms with Gasteiger partial charge in [0.1, 0.15) is 11.4 Å². The molecule has 0 aliphatic rings. The zero-order chi connectivity index (χ0) is 14.7. The monoisotopic (exact) mass is 281 g/mol. The number of pyridine rings is 1. The summed E-state index contributed by atoms with van der Waals surface area (Å²) < 4.78 is 5.17. The molecule has 3 rings (SSSR count). The van der Waals surface area contributed by atoms with Crippen molar-refractivity contribution < 1.29 is 9.53 Å². The van der Waals surface area contributed by atoms with Crippen molar-refractivity contribution in [1.82, 2.24) is 15.3 Å². The molecule has 2 aromatic heterocycles. The number of carbonyl (C=O) groups is 1. The predicted octanol–water partition coefficient (Wildman–Crippen LogP) is 2.50. The van der Waals surface area contributed by atoms with E-state index in [9.17, 15) is 4.79 Å². The SMILES string of the molecule is COc1ccc2[nH]c(C(=O)NCc3ccccn3)cc2c1. The molecule has 5 heteroatoms. The molecule has 3 aromatic rings. The first-order chi connectivity index (χ1) is 10.3. The van der Waals surface area contributed by atoms with Gasteiger partial charge in [-0.3, -0.25) is 9.78 Å². The van der Waals surface area contributed by atoms with Gasteiger partial charge in [-0.25, -0.2) is 0 Å². The Labute approximate surface area is 122 Å². The standard InChI is InChI=1S/C16H15N3O2/c1-21-13-5-6-14-11(8-13)9-15(19-14)16(20)18-10-12-4-2-3-7-17-12/h2-9,19H,10H2,1H3,(H,18,20). The molecule has 0 unspecified atom stereocenters. The van der Waals surface area contributed by atoms with E-state index < -0.39 is 0 Å². The van der Waals surface area contributed by atoms with Crippen molar-refractivity contribution >= 4 is 16.8 Å². The predicted molar refractivity (Wildman–Crippen MR) is 80.3 cm³/mol. The van der Waals surface area contributed by atoms with Crippen LogP contribution in [0.5, 0.6) is 5.75 Å². The summed E-state index contributed by atoms with van der Waals surface area (Å²) in [7, 11) is 1.62. The van der Waals surface area contributed by atoms with Crippen LogP contribution in [0, 0.1) is 0 Å². The zero-order valence-electron chi connectivity index (χ0n) is 11.6. The van der Waals surface area contributed by atoms with Crippen molar-refractivity contribution in [3.63, 3.8) is 0 Å². The van der Waals surface area contributed by atoms with Crippen LogP contribution in [0.15, 0.2) is 48.7 Å². The van der Waals surface area contributed by atoms with Crippen LogP contribution in [0.25, 0.3) is 10.9 Å². The third-order valence-electron chi connectivity index (χ3n) is 3.23. The minimum absolute atomic E-state index is 0.157. The number of aromatic amines is 1. The smallest absolute Gasteiger partial charge is 0.268 e.